The van der Waals surface area contributed by atoms with E-state index in [1.165, 1.54) is 21.6 Å². The van der Waals surface area contributed by atoms with E-state index in [1.807, 2.05) is 0 Å². The van der Waals surface area contributed by atoms with Crippen LogP contribution in [0.2, 0.25) is 5.28 Å². The number of thiophene rings is 1. The molecule has 0 N–H and O–H groups in total. The number of hydrogen-bond acceptors (Lipinski definition) is 4. The van der Waals surface area contributed by atoms with Gasteiger partial charge in [0.15, 0.2) is 0 Å². The summed E-state index contributed by atoms with van der Waals surface area (Å²) in [6.07, 6.45) is 0. The third-order valence-corrected chi connectivity index (χ3v) is 4.03. The molecule has 2 aromatic heterocycles. The van der Waals surface area contributed by atoms with Gasteiger partial charge in [-0.3, -0.25) is 0 Å². The molecule has 0 fully saturated rings. The van der Waals surface area contributed by atoms with Gasteiger partial charge in [0.1, 0.15) is 5.01 Å². The Bertz CT molecular complexity index is 614. The predicted octanol–water partition coefficient (Wildman–Crippen LogP) is 4.07. The normalized spacial score (nSPS) is 11.0. The summed E-state index contributed by atoms with van der Waals surface area (Å²) in [6, 6.07) is 8.37. The van der Waals surface area contributed by atoms with Crippen LogP contribution in [0.15, 0.2) is 29.6 Å². The minimum atomic E-state index is 0.320. The van der Waals surface area contributed by atoms with Gasteiger partial charge in [0.05, 0.1) is 0 Å². The van der Waals surface area contributed by atoms with Gasteiger partial charge >= 0.3 is 0 Å². The van der Waals surface area contributed by atoms with Gasteiger partial charge < -0.3 is 0 Å². The van der Waals surface area contributed by atoms with E-state index in [-0.39, 0.29) is 0 Å². The molecular weight excluding hydrogens is 248 g/mol. The quantitative estimate of drug-likeness (QED) is 0.652. The monoisotopic (exact) mass is 252 g/mol. The third kappa shape index (κ3) is 1.65. The molecule has 0 saturated heterocycles. The fraction of sp³-hybridized carbons (Fsp3) is 0. The molecule has 1 aromatic carbocycles. The highest BCUT2D eigenvalue weighted by Gasteiger charge is 2.05. The fourth-order valence-corrected chi connectivity index (χ4v) is 2.99. The van der Waals surface area contributed by atoms with Gasteiger partial charge in [-0.2, -0.15) is 4.37 Å². The zero-order valence-electron chi connectivity index (χ0n) is 7.48. The van der Waals surface area contributed by atoms with Crippen molar-refractivity contribution < 1.29 is 0 Å². The van der Waals surface area contributed by atoms with Crippen molar-refractivity contribution in [3.63, 3.8) is 0 Å². The highest BCUT2D eigenvalue weighted by molar-refractivity contribution is 7.17. The summed E-state index contributed by atoms with van der Waals surface area (Å²) in [5.74, 6) is 0. The first-order valence-electron chi connectivity index (χ1n) is 4.30. The molecule has 0 aliphatic heterocycles. The smallest absolute Gasteiger partial charge is 0.205 e. The molecule has 74 valence electrons. The first-order valence-corrected chi connectivity index (χ1v) is 6.33. The fourth-order valence-electron chi connectivity index (χ4n) is 1.42. The molecule has 0 bridgehead atoms. The first kappa shape index (κ1) is 9.27. The van der Waals surface area contributed by atoms with Crippen molar-refractivity contribution >= 4 is 44.6 Å². The van der Waals surface area contributed by atoms with E-state index in [1.54, 1.807) is 11.3 Å². The van der Waals surface area contributed by atoms with Crippen molar-refractivity contribution in [2.45, 2.75) is 0 Å². The minimum Gasteiger partial charge on any atom is -0.205 e. The Labute approximate surface area is 99.3 Å². The maximum atomic E-state index is 5.70. The molecule has 0 unspecified atom stereocenters. The maximum Gasteiger partial charge on any atom is 0.234 e. The van der Waals surface area contributed by atoms with Crippen LogP contribution in [0.5, 0.6) is 0 Å². The van der Waals surface area contributed by atoms with E-state index in [4.69, 9.17) is 11.6 Å². The van der Waals surface area contributed by atoms with E-state index in [2.05, 4.69) is 39.0 Å². The van der Waals surface area contributed by atoms with Crippen molar-refractivity contribution in [1.29, 1.82) is 0 Å². The van der Waals surface area contributed by atoms with Crippen LogP contribution in [0.25, 0.3) is 20.7 Å². The van der Waals surface area contributed by atoms with Gasteiger partial charge in [0, 0.05) is 10.3 Å². The second-order valence-electron chi connectivity index (χ2n) is 3.04. The van der Waals surface area contributed by atoms with E-state index < -0.39 is 0 Å². The minimum absolute atomic E-state index is 0.320. The highest BCUT2D eigenvalue weighted by atomic mass is 35.5. The van der Waals surface area contributed by atoms with Gasteiger partial charge in [-0.15, -0.1) is 11.3 Å². The van der Waals surface area contributed by atoms with Crippen LogP contribution in [0.1, 0.15) is 0 Å². The number of halogens is 1. The second kappa shape index (κ2) is 3.56. The summed E-state index contributed by atoms with van der Waals surface area (Å²) < 4.78 is 5.25. The molecule has 0 aliphatic carbocycles. The average molecular weight is 253 g/mol. The van der Waals surface area contributed by atoms with Crippen molar-refractivity contribution in [2.24, 2.45) is 0 Å². The van der Waals surface area contributed by atoms with Crippen LogP contribution in [0, 0.1) is 0 Å². The topological polar surface area (TPSA) is 25.8 Å². The molecule has 2 heterocycles. The van der Waals surface area contributed by atoms with Gasteiger partial charge in [0.25, 0.3) is 0 Å². The number of benzene rings is 1. The summed E-state index contributed by atoms with van der Waals surface area (Å²) in [5.41, 5.74) is 1.07. The summed E-state index contributed by atoms with van der Waals surface area (Å²) >= 11 is 8.76. The molecule has 0 amide bonds. The van der Waals surface area contributed by atoms with Crippen molar-refractivity contribution in [3.8, 4) is 10.6 Å². The zero-order valence-corrected chi connectivity index (χ0v) is 9.86. The molecule has 5 heteroatoms. The lowest BCUT2D eigenvalue weighted by Crippen LogP contribution is -1.74. The summed E-state index contributed by atoms with van der Waals surface area (Å²) in [7, 11) is 0. The molecule has 0 saturated carbocycles. The van der Waals surface area contributed by atoms with Gasteiger partial charge in [-0.1, -0.05) is 6.07 Å². The standard InChI is InChI=1S/C10H5ClN2S2/c11-10-12-9(15-13-10)7-1-2-8-6(5-7)3-4-14-8/h1-5H. The molecule has 0 radical (unpaired) electrons. The highest BCUT2D eigenvalue weighted by Crippen LogP contribution is 2.28. The second-order valence-corrected chi connectivity index (χ2v) is 5.08. The van der Waals surface area contributed by atoms with Crippen molar-refractivity contribution in [2.75, 3.05) is 0 Å². The van der Waals surface area contributed by atoms with E-state index in [0.717, 1.165) is 10.6 Å². The molecule has 15 heavy (non-hydrogen) atoms. The number of rotatable bonds is 1. The predicted molar refractivity (Wildman–Crippen MR) is 65.7 cm³/mol. The number of fused-ring (bicyclic) bond motifs is 1. The lowest BCUT2D eigenvalue weighted by Gasteiger charge is -1.94. The Morgan fingerprint density at radius 1 is 1.20 bits per heavy atom. The van der Waals surface area contributed by atoms with Crippen LogP contribution in [0.3, 0.4) is 0 Å². The zero-order chi connectivity index (χ0) is 10.3. The molecule has 0 aliphatic rings. The summed E-state index contributed by atoms with van der Waals surface area (Å²) in [6.45, 7) is 0. The third-order valence-electron chi connectivity index (χ3n) is 2.10. The van der Waals surface area contributed by atoms with Crippen LogP contribution < -0.4 is 0 Å². The van der Waals surface area contributed by atoms with E-state index >= 15 is 0 Å². The van der Waals surface area contributed by atoms with Crippen molar-refractivity contribution in [1.82, 2.24) is 9.36 Å². The molecule has 3 aromatic rings. The van der Waals surface area contributed by atoms with Crippen LogP contribution in [-0.4, -0.2) is 9.36 Å². The van der Waals surface area contributed by atoms with Gasteiger partial charge in [0.2, 0.25) is 5.28 Å². The Morgan fingerprint density at radius 2 is 2.13 bits per heavy atom. The number of hydrogen-bond donors (Lipinski definition) is 0. The largest absolute Gasteiger partial charge is 0.234 e. The Kier molecular flexibility index (Phi) is 2.20. The lowest BCUT2D eigenvalue weighted by molar-refractivity contribution is 1.33. The van der Waals surface area contributed by atoms with Crippen LogP contribution in [0.4, 0.5) is 0 Å². The van der Waals surface area contributed by atoms with E-state index in [0.29, 0.717) is 5.28 Å². The molecule has 0 spiro atoms. The Morgan fingerprint density at radius 3 is 2.93 bits per heavy atom. The summed E-state index contributed by atoms with van der Waals surface area (Å²) in [5, 5.41) is 4.51. The van der Waals surface area contributed by atoms with Crippen molar-refractivity contribution in [3.05, 3.63) is 34.9 Å². The SMILES string of the molecule is Clc1nsc(-c2ccc3sccc3c2)n1. The average Bonchev–Trinajstić information content (AvgIpc) is 2.84. The molecule has 0 atom stereocenters. The number of nitrogens with zero attached hydrogens (tertiary/aromatic N) is 2. The van der Waals surface area contributed by atoms with Crippen LogP contribution >= 0.6 is 34.5 Å². The first-order chi connectivity index (χ1) is 7.33. The summed E-state index contributed by atoms with van der Waals surface area (Å²) in [4.78, 5) is 4.15. The molecular formula is C10H5ClN2S2. The van der Waals surface area contributed by atoms with E-state index in [9.17, 15) is 0 Å². The molecule has 3 rings (SSSR count). The maximum absolute atomic E-state index is 5.70. The number of aromatic nitrogens is 2. The lowest BCUT2D eigenvalue weighted by atomic mass is 10.2. The molecule has 2 nitrogen and oxygen atoms in total. The van der Waals surface area contributed by atoms with Crippen LogP contribution in [-0.2, 0) is 0 Å². The van der Waals surface area contributed by atoms with Gasteiger partial charge in [-0.25, -0.2) is 4.98 Å². The Balaban J connectivity index is 2.18. The Hall–Kier alpha value is -0.970. The van der Waals surface area contributed by atoms with Gasteiger partial charge in [-0.05, 0) is 52.1 Å².